The maximum Gasteiger partial charge on any atom is 0.138 e. The lowest BCUT2D eigenvalue weighted by atomic mass is 10.2. The van der Waals surface area contributed by atoms with Gasteiger partial charge in [0.2, 0.25) is 0 Å². The Morgan fingerprint density at radius 3 is 2.73 bits per heavy atom. The molecular formula is C10H18N2O2S. The molecule has 0 saturated heterocycles. The molecule has 1 rings (SSSR count). The standard InChI is InChI=1S/C10H18N2O2S/c1-4-15(13)6-5-11-7-10-8(2)12-14-9(10)3/h11H,4-7H2,1-3H3. The van der Waals surface area contributed by atoms with E-state index in [0.29, 0.717) is 5.75 Å². The average molecular weight is 230 g/mol. The molecule has 1 aromatic rings. The molecule has 0 bridgehead atoms. The summed E-state index contributed by atoms with van der Waals surface area (Å²) in [4.78, 5) is 0. The molecule has 5 heteroatoms. The van der Waals surface area contributed by atoms with Crippen LogP contribution in [0.25, 0.3) is 0 Å². The summed E-state index contributed by atoms with van der Waals surface area (Å²) in [7, 11) is -0.688. The second-order valence-electron chi connectivity index (χ2n) is 3.41. The van der Waals surface area contributed by atoms with Crippen molar-refractivity contribution < 1.29 is 8.73 Å². The van der Waals surface area contributed by atoms with E-state index in [0.717, 1.165) is 35.9 Å². The molecule has 0 radical (unpaired) electrons. The fraction of sp³-hybridized carbons (Fsp3) is 0.700. The minimum atomic E-state index is -0.688. The number of nitrogens with one attached hydrogen (secondary N) is 1. The molecule has 0 aliphatic rings. The molecule has 0 fully saturated rings. The lowest BCUT2D eigenvalue weighted by Gasteiger charge is -2.03. The molecule has 1 unspecified atom stereocenters. The summed E-state index contributed by atoms with van der Waals surface area (Å²) in [5.41, 5.74) is 2.04. The highest BCUT2D eigenvalue weighted by atomic mass is 32.2. The number of hydrogen-bond donors (Lipinski definition) is 1. The fourth-order valence-corrected chi connectivity index (χ4v) is 1.96. The van der Waals surface area contributed by atoms with Crippen LogP contribution in [0.4, 0.5) is 0 Å². The highest BCUT2D eigenvalue weighted by Gasteiger charge is 2.07. The van der Waals surface area contributed by atoms with Gasteiger partial charge in [0.05, 0.1) is 5.69 Å². The van der Waals surface area contributed by atoms with Crippen molar-refractivity contribution >= 4 is 10.8 Å². The van der Waals surface area contributed by atoms with Gasteiger partial charge in [-0.1, -0.05) is 12.1 Å². The Balaban J connectivity index is 2.29. The Morgan fingerprint density at radius 2 is 2.20 bits per heavy atom. The van der Waals surface area contributed by atoms with Crippen molar-refractivity contribution in [1.29, 1.82) is 0 Å². The third-order valence-corrected chi connectivity index (χ3v) is 3.61. The predicted octanol–water partition coefficient (Wildman–Crippen LogP) is 1.15. The van der Waals surface area contributed by atoms with E-state index in [9.17, 15) is 4.21 Å². The summed E-state index contributed by atoms with van der Waals surface area (Å²) in [6.45, 7) is 7.27. The van der Waals surface area contributed by atoms with Crippen molar-refractivity contribution in [2.24, 2.45) is 0 Å². The van der Waals surface area contributed by atoms with Crippen molar-refractivity contribution in [3.8, 4) is 0 Å². The van der Waals surface area contributed by atoms with Crippen molar-refractivity contribution in [1.82, 2.24) is 10.5 Å². The summed E-state index contributed by atoms with van der Waals surface area (Å²) in [6.07, 6.45) is 0. The first-order valence-electron chi connectivity index (χ1n) is 5.12. The normalized spacial score (nSPS) is 13.0. The number of hydrogen-bond acceptors (Lipinski definition) is 4. The third kappa shape index (κ3) is 3.76. The number of rotatable bonds is 6. The summed E-state index contributed by atoms with van der Waals surface area (Å²) >= 11 is 0. The van der Waals surface area contributed by atoms with Crippen LogP contribution in [0.1, 0.15) is 23.9 Å². The van der Waals surface area contributed by atoms with E-state index in [1.807, 2.05) is 20.8 Å². The maximum absolute atomic E-state index is 11.1. The van der Waals surface area contributed by atoms with Gasteiger partial charge in [-0.2, -0.15) is 0 Å². The molecule has 0 aliphatic carbocycles. The molecule has 15 heavy (non-hydrogen) atoms. The highest BCUT2D eigenvalue weighted by Crippen LogP contribution is 2.10. The van der Waals surface area contributed by atoms with Crippen molar-refractivity contribution in [3.63, 3.8) is 0 Å². The molecule has 86 valence electrons. The van der Waals surface area contributed by atoms with E-state index >= 15 is 0 Å². The van der Waals surface area contributed by atoms with E-state index < -0.39 is 10.8 Å². The zero-order valence-corrected chi connectivity index (χ0v) is 10.3. The molecule has 1 N–H and O–H groups in total. The molecular weight excluding hydrogens is 212 g/mol. The minimum absolute atomic E-state index is 0.688. The Morgan fingerprint density at radius 1 is 1.47 bits per heavy atom. The van der Waals surface area contributed by atoms with Gasteiger partial charge < -0.3 is 9.84 Å². The zero-order chi connectivity index (χ0) is 11.3. The SMILES string of the molecule is CCS(=O)CCNCc1c(C)noc1C. The van der Waals surface area contributed by atoms with Crippen LogP contribution >= 0.6 is 0 Å². The Kier molecular flexibility index (Phi) is 4.98. The van der Waals surface area contributed by atoms with Crippen LogP contribution in [0.5, 0.6) is 0 Å². The summed E-state index contributed by atoms with van der Waals surface area (Å²) < 4.78 is 16.2. The second kappa shape index (κ2) is 6.02. The summed E-state index contributed by atoms with van der Waals surface area (Å²) in [6, 6.07) is 0. The van der Waals surface area contributed by atoms with E-state index in [4.69, 9.17) is 4.52 Å². The first kappa shape index (κ1) is 12.4. The van der Waals surface area contributed by atoms with Gasteiger partial charge in [0.15, 0.2) is 0 Å². The summed E-state index contributed by atoms with van der Waals surface area (Å²) in [5.74, 6) is 2.30. The monoisotopic (exact) mass is 230 g/mol. The van der Waals surface area contributed by atoms with Crippen LogP contribution in [0.3, 0.4) is 0 Å². The topological polar surface area (TPSA) is 55.1 Å². The van der Waals surface area contributed by atoms with Gasteiger partial charge in [-0.05, 0) is 13.8 Å². The van der Waals surface area contributed by atoms with Gasteiger partial charge in [-0.3, -0.25) is 4.21 Å². The second-order valence-corrected chi connectivity index (χ2v) is 5.28. The van der Waals surface area contributed by atoms with Crippen molar-refractivity contribution in [2.75, 3.05) is 18.1 Å². The molecule has 4 nitrogen and oxygen atoms in total. The molecule has 0 spiro atoms. The minimum Gasteiger partial charge on any atom is -0.361 e. The Bertz CT molecular complexity index is 317. The summed E-state index contributed by atoms with van der Waals surface area (Å²) in [5, 5.41) is 7.11. The molecule has 0 aromatic carbocycles. The largest absolute Gasteiger partial charge is 0.361 e. The van der Waals surface area contributed by atoms with Gasteiger partial charge >= 0.3 is 0 Å². The van der Waals surface area contributed by atoms with Gasteiger partial charge in [0.25, 0.3) is 0 Å². The van der Waals surface area contributed by atoms with Crippen LogP contribution < -0.4 is 5.32 Å². The molecule has 0 aliphatic heterocycles. The van der Waals surface area contributed by atoms with Gasteiger partial charge in [-0.25, -0.2) is 0 Å². The van der Waals surface area contributed by atoms with E-state index in [2.05, 4.69) is 10.5 Å². The van der Waals surface area contributed by atoms with Gasteiger partial charge in [-0.15, -0.1) is 0 Å². The zero-order valence-electron chi connectivity index (χ0n) is 9.50. The van der Waals surface area contributed by atoms with Crippen LogP contribution in [-0.2, 0) is 17.3 Å². The number of aryl methyl sites for hydroxylation is 2. The molecule has 1 heterocycles. The Labute approximate surface area is 92.9 Å². The first-order chi connectivity index (χ1) is 7.15. The van der Waals surface area contributed by atoms with E-state index in [1.54, 1.807) is 0 Å². The van der Waals surface area contributed by atoms with E-state index in [1.165, 1.54) is 0 Å². The quantitative estimate of drug-likeness (QED) is 0.745. The predicted molar refractivity (Wildman–Crippen MR) is 61.2 cm³/mol. The fourth-order valence-electron chi connectivity index (χ4n) is 1.30. The number of aromatic nitrogens is 1. The lowest BCUT2D eigenvalue weighted by molar-refractivity contribution is 0.392. The van der Waals surface area contributed by atoms with Crippen LogP contribution in [0.15, 0.2) is 4.52 Å². The molecule has 1 aromatic heterocycles. The van der Waals surface area contributed by atoms with Crippen LogP contribution in [0, 0.1) is 13.8 Å². The maximum atomic E-state index is 11.1. The average Bonchev–Trinajstić information content (AvgIpc) is 2.54. The smallest absolute Gasteiger partial charge is 0.138 e. The third-order valence-electron chi connectivity index (χ3n) is 2.31. The highest BCUT2D eigenvalue weighted by molar-refractivity contribution is 7.84. The van der Waals surface area contributed by atoms with Crippen molar-refractivity contribution in [3.05, 3.63) is 17.0 Å². The van der Waals surface area contributed by atoms with Crippen LogP contribution in [0.2, 0.25) is 0 Å². The van der Waals surface area contributed by atoms with E-state index in [-0.39, 0.29) is 0 Å². The number of nitrogens with zero attached hydrogens (tertiary/aromatic N) is 1. The lowest BCUT2D eigenvalue weighted by Crippen LogP contribution is -2.21. The molecule has 0 saturated carbocycles. The molecule has 1 atom stereocenters. The molecule has 0 amide bonds. The Hall–Kier alpha value is -0.680. The van der Waals surface area contributed by atoms with Crippen LogP contribution in [-0.4, -0.2) is 27.4 Å². The van der Waals surface area contributed by atoms with Crippen molar-refractivity contribution in [2.45, 2.75) is 27.3 Å². The van der Waals surface area contributed by atoms with Gasteiger partial charge in [0, 0.05) is 41.0 Å². The van der Waals surface area contributed by atoms with Gasteiger partial charge in [0.1, 0.15) is 5.76 Å². The first-order valence-corrected chi connectivity index (χ1v) is 6.61.